The van der Waals surface area contributed by atoms with Gasteiger partial charge in [-0.2, -0.15) is 0 Å². The number of aryl methyl sites for hydroxylation is 1. The van der Waals surface area contributed by atoms with E-state index >= 15 is 0 Å². The molecule has 0 unspecified atom stereocenters. The van der Waals surface area contributed by atoms with Crippen molar-refractivity contribution < 1.29 is 18.3 Å². The van der Waals surface area contributed by atoms with Crippen LogP contribution in [0.2, 0.25) is 0 Å². The van der Waals surface area contributed by atoms with E-state index < -0.39 is 16.0 Å². The quantitative estimate of drug-likeness (QED) is 0.844. The first-order valence-corrected chi connectivity index (χ1v) is 8.62. The fourth-order valence-electron chi connectivity index (χ4n) is 2.00. The van der Waals surface area contributed by atoms with Crippen molar-refractivity contribution in [1.29, 1.82) is 0 Å². The van der Waals surface area contributed by atoms with E-state index in [2.05, 4.69) is 20.7 Å². The first-order valence-electron chi connectivity index (χ1n) is 6.34. The Morgan fingerprint density at radius 2 is 1.86 bits per heavy atom. The molecule has 0 heterocycles. The first-order chi connectivity index (χ1) is 10.2. The Morgan fingerprint density at radius 3 is 2.45 bits per heavy atom. The molecule has 7 heteroatoms. The summed E-state index contributed by atoms with van der Waals surface area (Å²) in [5, 5.41) is 9.10. The number of rotatable bonds is 4. The van der Waals surface area contributed by atoms with E-state index in [-0.39, 0.29) is 16.1 Å². The maximum absolute atomic E-state index is 12.5. The van der Waals surface area contributed by atoms with Crippen molar-refractivity contribution in [2.45, 2.75) is 18.7 Å². The minimum Gasteiger partial charge on any atom is -0.478 e. The molecule has 0 aliphatic rings. The summed E-state index contributed by atoms with van der Waals surface area (Å²) in [6.45, 7) is 3.42. The molecule has 0 aliphatic carbocycles. The molecular formula is C15H14BrNO4S. The first kappa shape index (κ1) is 16.5. The van der Waals surface area contributed by atoms with Gasteiger partial charge in [0.15, 0.2) is 0 Å². The lowest BCUT2D eigenvalue weighted by Crippen LogP contribution is -2.15. The van der Waals surface area contributed by atoms with Crippen LogP contribution in [-0.2, 0) is 10.0 Å². The van der Waals surface area contributed by atoms with Crippen LogP contribution in [0.15, 0.2) is 45.8 Å². The van der Waals surface area contributed by atoms with Crippen molar-refractivity contribution in [3.8, 4) is 0 Å². The highest BCUT2D eigenvalue weighted by Crippen LogP contribution is 2.27. The molecule has 0 atom stereocenters. The molecule has 2 aromatic carbocycles. The van der Waals surface area contributed by atoms with Gasteiger partial charge in [0.25, 0.3) is 10.0 Å². The molecule has 0 saturated heterocycles. The Bertz CT molecular complexity index is 847. The van der Waals surface area contributed by atoms with Crippen LogP contribution in [0.3, 0.4) is 0 Å². The van der Waals surface area contributed by atoms with Crippen molar-refractivity contribution >= 4 is 37.6 Å². The van der Waals surface area contributed by atoms with Gasteiger partial charge in [-0.1, -0.05) is 12.1 Å². The van der Waals surface area contributed by atoms with Gasteiger partial charge in [-0.05, 0) is 65.2 Å². The topological polar surface area (TPSA) is 83.5 Å². The minimum atomic E-state index is -3.82. The summed E-state index contributed by atoms with van der Waals surface area (Å²) < 4.78 is 27.8. The number of carboxylic acid groups (broad SMARTS) is 1. The molecule has 5 nitrogen and oxygen atoms in total. The highest BCUT2D eigenvalue weighted by Gasteiger charge is 2.20. The average molecular weight is 384 g/mol. The molecule has 0 radical (unpaired) electrons. The van der Waals surface area contributed by atoms with Crippen LogP contribution in [0.5, 0.6) is 0 Å². The number of sulfonamides is 1. The molecule has 22 heavy (non-hydrogen) atoms. The Kier molecular flexibility index (Phi) is 4.58. The summed E-state index contributed by atoms with van der Waals surface area (Å²) in [6, 6.07) is 9.35. The van der Waals surface area contributed by atoms with Crippen LogP contribution in [0.1, 0.15) is 21.5 Å². The van der Waals surface area contributed by atoms with E-state index in [0.29, 0.717) is 10.0 Å². The second kappa shape index (κ2) is 6.10. The van der Waals surface area contributed by atoms with Crippen molar-refractivity contribution in [3.63, 3.8) is 0 Å². The van der Waals surface area contributed by atoms with Gasteiger partial charge >= 0.3 is 5.97 Å². The average Bonchev–Trinajstić information content (AvgIpc) is 2.40. The Balaban J connectivity index is 2.46. The Hall–Kier alpha value is -1.86. The van der Waals surface area contributed by atoms with Crippen molar-refractivity contribution in [2.24, 2.45) is 0 Å². The summed E-state index contributed by atoms with van der Waals surface area (Å²) >= 11 is 3.24. The van der Waals surface area contributed by atoms with Crippen molar-refractivity contribution in [1.82, 2.24) is 0 Å². The summed E-state index contributed by atoms with van der Waals surface area (Å²) in [7, 11) is -3.82. The van der Waals surface area contributed by atoms with Gasteiger partial charge in [-0.15, -0.1) is 0 Å². The van der Waals surface area contributed by atoms with Crippen molar-refractivity contribution in [2.75, 3.05) is 4.72 Å². The van der Waals surface area contributed by atoms with E-state index in [1.807, 2.05) is 6.92 Å². The lowest BCUT2D eigenvalue weighted by Gasteiger charge is -2.13. The summed E-state index contributed by atoms with van der Waals surface area (Å²) in [5.74, 6) is -1.10. The lowest BCUT2D eigenvalue weighted by atomic mass is 10.1. The number of carboxylic acids is 1. The third kappa shape index (κ3) is 3.31. The predicted molar refractivity (Wildman–Crippen MR) is 87.8 cm³/mol. The molecule has 0 aliphatic heterocycles. The molecule has 0 spiro atoms. The van der Waals surface area contributed by atoms with Gasteiger partial charge in [-0.25, -0.2) is 13.2 Å². The van der Waals surface area contributed by atoms with E-state index in [1.54, 1.807) is 19.1 Å². The largest absolute Gasteiger partial charge is 0.478 e. The summed E-state index contributed by atoms with van der Waals surface area (Å²) in [5.41, 5.74) is 1.59. The van der Waals surface area contributed by atoms with Gasteiger partial charge < -0.3 is 5.11 Å². The zero-order valence-electron chi connectivity index (χ0n) is 11.9. The lowest BCUT2D eigenvalue weighted by molar-refractivity contribution is 0.0696. The predicted octanol–water partition coefficient (Wildman–Crippen LogP) is 3.56. The normalized spacial score (nSPS) is 11.2. The van der Waals surface area contributed by atoms with E-state index in [9.17, 15) is 13.2 Å². The number of carbonyl (C=O) groups is 1. The standard InChI is InChI=1S/C15H14BrNO4S/c1-9-6-7-14(12(16)8-9)22(20,21)17-13-5-3-4-11(10(13)2)15(18)19/h3-8,17H,1-2H3,(H,18,19). The number of aromatic carboxylic acids is 1. The molecule has 0 saturated carbocycles. The number of anilines is 1. The smallest absolute Gasteiger partial charge is 0.336 e. The number of halogens is 1. The highest BCUT2D eigenvalue weighted by atomic mass is 79.9. The number of benzene rings is 2. The second-order valence-electron chi connectivity index (χ2n) is 4.82. The molecule has 0 amide bonds. The molecule has 0 bridgehead atoms. The summed E-state index contributed by atoms with van der Waals surface area (Å²) in [4.78, 5) is 11.2. The number of hydrogen-bond acceptors (Lipinski definition) is 3. The number of nitrogens with one attached hydrogen (secondary N) is 1. The van der Waals surface area contributed by atoms with Crippen LogP contribution in [-0.4, -0.2) is 19.5 Å². The fraction of sp³-hybridized carbons (Fsp3) is 0.133. The maximum atomic E-state index is 12.5. The van der Waals surface area contributed by atoms with Crippen LogP contribution in [0.25, 0.3) is 0 Å². The van der Waals surface area contributed by atoms with Crippen LogP contribution in [0.4, 0.5) is 5.69 Å². The third-order valence-electron chi connectivity index (χ3n) is 3.19. The molecule has 0 fully saturated rings. The van der Waals surface area contributed by atoms with E-state index in [4.69, 9.17) is 5.11 Å². The molecule has 2 aromatic rings. The third-order valence-corrected chi connectivity index (χ3v) is 5.53. The van der Waals surface area contributed by atoms with Crippen LogP contribution < -0.4 is 4.72 Å². The summed E-state index contributed by atoms with van der Waals surface area (Å²) in [6.07, 6.45) is 0. The SMILES string of the molecule is Cc1ccc(S(=O)(=O)Nc2cccc(C(=O)O)c2C)c(Br)c1. The van der Waals surface area contributed by atoms with Gasteiger partial charge in [0, 0.05) is 4.47 Å². The van der Waals surface area contributed by atoms with Gasteiger partial charge in [0.05, 0.1) is 11.3 Å². The van der Waals surface area contributed by atoms with Crippen LogP contribution >= 0.6 is 15.9 Å². The van der Waals surface area contributed by atoms with Gasteiger partial charge in [0.2, 0.25) is 0 Å². The molecular weight excluding hydrogens is 370 g/mol. The second-order valence-corrected chi connectivity index (χ2v) is 7.33. The Labute approximate surface area is 137 Å². The Morgan fingerprint density at radius 1 is 1.18 bits per heavy atom. The zero-order chi connectivity index (χ0) is 16.5. The minimum absolute atomic E-state index is 0.0585. The number of hydrogen-bond donors (Lipinski definition) is 2. The van der Waals surface area contributed by atoms with E-state index in [0.717, 1.165) is 5.56 Å². The fourth-order valence-corrected chi connectivity index (χ4v) is 4.32. The van der Waals surface area contributed by atoms with Gasteiger partial charge in [0.1, 0.15) is 4.90 Å². The van der Waals surface area contributed by atoms with Gasteiger partial charge in [-0.3, -0.25) is 4.72 Å². The monoisotopic (exact) mass is 383 g/mol. The molecule has 0 aromatic heterocycles. The van der Waals surface area contributed by atoms with E-state index in [1.165, 1.54) is 24.3 Å². The molecule has 116 valence electrons. The zero-order valence-corrected chi connectivity index (χ0v) is 14.3. The molecule has 2 N–H and O–H groups in total. The van der Waals surface area contributed by atoms with Crippen molar-refractivity contribution in [3.05, 3.63) is 57.6 Å². The molecule has 2 rings (SSSR count). The highest BCUT2D eigenvalue weighted by molar-refractivity contribution is 9.10. The maximum Gasteiger partial charge on any atom is 0.336 e. The van der Waals surface area contributed by atoms with Crippen LogP contribution in [0, 0.1) is 13.8 Å².